The van der Waals surface area contributed by atoms with Crippen molar-refractivity contribution in [2.24, 2.45) is 0 Å². The predicted molar refractivity (Wildman–Crippen MR) is 72.3 cm³/mol. The number of ether oxygens (including phenoxy) is 1. The number of benzene rings is 1. The lowest BCUT2D eigenvalue weighted by molar-refractivity contribution is -0.123. The third-order valence-corrected chi connectivity index (χ3v) is 2.83. The first-order chi connectivity index (χ1) is 8.02. The Labute approximate surface area is 111 Å². The monoisotopic (exact) mass is 299 g/mol. The van der Waals surface area contributed by atoms with Gasteiger partial charge >= 0.3 is 0 Å². The highest BCUT2D eigenvalue weighted by Crippen LogP contribution is 2.26. The van der Waals surface area contributed by atoms with Crippen LogP contribution in [0.3, 0.4) is 0 Å². The molecule has 1 amide bonds. The summed E-state index contributed by atoms with van der Waals surface area (Å²) in [4.78, 5) is 11.4. The van der Waals surface area contributed by atoms with Crippen molar-refractivity contribution in [2.45, 2.75) is 33.2 Å². The van der Waals surface area contributed by atoms with Crippen LogP contribution in [0.25, 0.3) is 0 Å². The normalized spacial score (nSPS) is 10.4. The zero-order valence-electron chi connectivity index (χ0n) is 10.4. The lowest BCUT2D eigenvalue weighted by Crippen LogP contribution is -2.34. The highest BCUT2D eigenvalue weighted by Gasteiger charge is 2.06. The van der Waals surface area contributed by atoms with Gasteiger partial charge < -0.3 is 10.1 Å². The largest absolute Gasteiger partial charge is 0.483 e. The van der Waals surface area contributed by atoms with Crippen molar-refractivity contribution in [3.8, 4) is 5.75 Å². The number of amides is 1. The molecule has 17 heavy (non-hydrogen) atoms. The van der Waals surface area contributed by atoms with Gasteiger partial charge in [0.25, 0.3) is 5.91 Å². The van der Waals surface area contributed by atoms with E-state index in [0.717, 1.165) is 10.9 Å². The molecule has 1 N–H and O–H groups in total. The van der Waals surface area contributed by atoms with Gasteiger partial charge in [-0.05, 0) is 53.9 Å². The summed E-state index contributed by atoms with van der Waals surface area (Å²) in [5.41, 5.74) is 1.23. The molecule has 4 heteroatoms. The molecule has 0 bridgehead atoms. The molecule has 0 atom stereocenters. The fraction of sp³-hybridized carbons (Fsp3) is 0.462. The standard InChI is InChI=1S/C13H18BrNO2/c1-4-10-5-6-12(11(14)7-10)17-8-13(16)15-9(2)3/h5-7,9H,4,8H2,1-3H3,(H,15,16). The quantitative estimate of drug-likeness (QED) is 0.908. The number of halogens is 1. The Kier molecular flexibility index (Phi) is 5.48. The van der Waals surface area contributed by atoms with E-state index in [1.807, 2.05) is 32.0 Å². The maximum Gasteiger partial charge on any atom is 0.258 e. The summed E-state index contributed by atoms with van der Waals surface area (Å²) >= 11 is 3.43. The number of hydrogen-bond donors (Lipinski definition) is 1. The maximum absolute atomic E-state index is 11.4. The van der Waals surface area contributed by atoms with Crippen LogP contribution >= 0.6 is 15.9 Å². The van der Waals surface area contributed by atoms with Gasteiger partial charge in [-0.15, -0.1) is 0 Å². The first-order valence-corrected chi connectivity index (χ1v) is 6.52. The van der Waals surface area contributed by atoms with Gasteiger partial charge in [-0.25, -0.2) is 0 Å². The topological polar surface area (TPSA) is 38.3 Å². The predicted octanol–water partition coefficient (Wildman–Crippen LogP) is 2.91. The van der Waals surface area contributed by atoms with Gasteiger partial charge in [-0.3, -0.25) is 4.79 Å². The number of aryl methyl sites for hydroxylation is 1. The number of rotatable bonds is 5. The zero-order valence-corrected chi connectivity index (χ0v) is 12.0. The van der Waals surface area contributed by atoms with E-state index in [1.54, 1.807) is 0 Å². The minimum Gasteiger partial charge on any atom is -0.483 e. The van der Waals surface area contributed by atoms with Crippen molar-refractivity contribution >= 4 is 21.8 Å². The number of nitrogens with one attached hydrogen (secondary N) is 1. The first-order valence-electron chi connectivity index (χ1n) is 5.73. The average molecular weight is 300 g/mol. The molecule has 0 aromatic heterocycles. The van der Waals surface area contributed by atoms with Crippen LogP contribution in [0.2, 0.25) is 0 Å². The highest BCUT2D eigenvalue weighted by atomic mass is 79.9. The van der Waals surface area contributed by atoms with Gasteiger partial charge in [-0.1, -0.05) is 13.0 Å². The summed E-state index contributed by atoms with van der Waals surface area (Å²) in [6.07, 6.45) is 0.979. The Morgan fingerprint density at radius 1 is 1.47 bits per heavy atom. The molecule has 3 nitrogen and oxygen atoms in total. The Hall–Kier alpha value is -1.03. The molecule has 0 aliphatic heterocycles. The minimum absolute atomic E-state index is 0.0439. The van der Waals surface area contributed by atoms with Crippen molar-refractivity contribution < 1.29 is 9.53 Å². The van der Waals surface area contributed by atoms with E-state index < -0.39 is 0 Å². The zero-order chi connectivity index (χ0) is 12.8. The van der Waals surface area contributed by atoms with E-state index in [9.17, 15) is 4.79 Å². The molecule has 1 aromatic rings. The lowest BCUT2D eigenvalue weighted by Gasteiger charge is -2.11. The molecular weight excluding hydrogens is 282 g/mol. The fourth-order valence-corrected chi connectivity index (χ4v) is 1.93. The summed E-state index contributed by atoms with van der Waals surface area (Å²) in [5, 5.41) is 2.78. The summed E-state index contributed by atoms with van der Waals surface area (Å²) < 4.78 is 6.32. The van der Waals surface area contributed by atoms with E-state index in [1.165, 1.54) is 5.56 Å². The third kappa shape index (κ3) is 4.77. The molecule has 0 saturated carbocycles. The summed E-state index contributed by atoms with van der Waals surface area (Å²) in [7, 11) is 0. The molecule has 0 spiro atoms. The van der Waals surface area contributed by atoms with Crippen molar-refractivity contribution in [1.82, 2.24) is 5.32 Å². The van der Waals surface area contributed by atoms with E-state index in [2.05, 4.69) is 28.2 Å². The number of hydrogen-bond acceptors (Lipinski definition) is 2. The molecule has 94 valence electrons. The first kappa shape index (κ1) is 14.0. The van der Waals surface area contributed by atoms with Crippen LogP contribution in [0.5, 0.6) is 5.75 Å². The Morgan fingerprint density at radius 3 is 2.71 bits per heavy atom. The number of carbonyl (C=O) groups is 1. The smallest absolute Gasteiger partial charge is 0.258 e. The van der Waals surface area contributed by atoms with Gasteiger partial charge in [0.15, 0.2) is 6.61 Å². The van der Waals surface area contributed by atoms with Gasteiger partial charge in [0.1, 0.15) is 5.75 Å². The second-order valence-electron chi connectivity index (χ2n) is 4.13. The van der Waals surface area contributed by atoms with Gasteiger partial charge in [0.05, 0.1) is 4.47 Å². The van der Waals surface area contributed by atoms with Crippen molar-refractivity contribution in [1.29, 1.82) is 0 Å². The van der Waals surface area contributed by atoms with Crippen LogP contribution in [0.1, 0.15) is 26.3 Å². The highest BCUT2D eigenvalue weighted by molar-refractivity contribution is 9.10. The molecule has 0 saturated heterocycles. The van der Waals surface area contributed by atoms with Crippen LogP contribution < -0.4 is 10.1 Å². The lowest BCUT2D eigenvalue weighted by atomic mass is 10.2. The summed E-state index contributed by atoms with van der Waals surface area (Å²) in [6.45, 7) is 5.98. The van der Waals surface area contributed by atoms with E-state index in [4.69, 9.17) is 4.74 Å². The van der Waals surface area contributed by atoms with Crippen molar-refractivity contribution in [3.05, 3.63) is 28.2 Å². The van der Waals surface area contributed by atoms with Gasteiger partial charge in [-0.2, -0.15) is 0 Å². The van der Waals surface area contributed by atoms with Crippen molar-refractivity contribution in [3.63, 3.8) is 0 Å². The molecule has 0 aliphatic rings. The van der Waals surface area contributed by atoms with Gasteiger partial charge in [0.2, 0.25) is 0 Å². The molecular formula is C13H18BrNO2. The van der Waals surface area contributed by atoms with Crippen LogP contribution in [0.4, 0.5) is 0 Å². The second-order valence-corrected chi connectivity index (χ2v) is 4.98. The second kappa shape index (κ2) is 6.64. The minimum atomic E-state index is -0.105. The Morgan fingerprint density at radius 2 is 2.18 bits per heavy atom. The Balaban J connectivity index is 2.55. The summed E-state index contributed by atoms with van der Waals surface area (Å²) in [6, 6.07) is 6.03. The van der Waals surface area contributed by atoms with Gasteiger partial charge in [0, 0.05) is 6.04 Å². The molecule has 0 fully saturated rings. The van der Waals surface area contributed by atoms with Crippen molar-refractivity contribution in [2.75, 3.05) is 6.61 Å². The fourth-order valence-electron chi connectivity index (χ4n) is 1.39. The molecule has 0 radical (unpaired) electrons. The third-order valence-electron chi connectivity index (χ3n) is 2.21. The van der Waals surface area contributed by atoms with Crippen LogP contribution in [0.15, 0.2) is 22.7 Å². The number of carbonyl (C=O) groups excluding carboxylic acids is 1. The molecule has 1 aromatic carbocycles. The average Bonchev–Trinajstić information content (AvgIpc) is 2.26. The molecule has 0 unspecified atom stereocenters. The Bertz CT molecular complexity index is 391. The van der Waals surface area contributed by atoms with E-state index >= 15 is 0 Å². The van der Waals surface area contributed by atoms with E-state index in [0.29, 0.717) is 5.75 Å². The maximum atomic E-state index is 11.4. The van der Waals surface area contributed by atoms with Crippen LogP contribution in [0, 0.1) is 0 Å². The SMILES string of the molecule is CCc1ccc(OCC(=O)NC(C)C)c(Br)c1. The van der Waals surface area contributed by atoms with Crippen LogP contribution in [-0.2, 0) is 11.2 Å². The van der Waals surface area contributed by atoms with Crippen LogP contribution in [-0.4, -0.2) is 18.6 Å². The van der Waals surface area contributed by atoms with E-state index in [-0.39, 0.29) is 18.6 Å². The summed E-state index contributed by atoms with van der Waals surface area (Å²) in [5.74, 6) is 0.590. The molecule has 0 aliphatic carbocycles. The molecule has 1 rings (SSSR count). The molecule has 0 heterocycles.